The molecular formula is C40H51N10O7P. The van der Waals surface area contributed by atoms with Crippen molar-refractivity contribution in [2.75, 3.05) is 37.0 Å². The molecule has 2 aliphatic heterocycles. The molecule has 0 saturated carbocycles. The molecule has 2 bridgehead atoms. The van der Waals surface area contributed by atoms with Crippen molar-refractivity contribution in [2.45, 2.75) is 90.9 Å². The Morgan fingerprint density at radius 1 is 1.02 bits per heavy atom. The van der Waals surface area contributed by atoms with E-state index in [1.165, 1.54) is 11.2 Å². The number of aromatic nitrogens is 4. The van der Waals surface area contributed by atoms with E-state index in [4.69, 9.17) is 30.1 Å². The second-order valence-electron chi connectivity index (χ2n) is 14.8. The molecule has 2 aromatic heterocycles. The minimum absolute atomic E-state index is 0.0389. The van der Waals surface area contributed by atoms with Gasteiger partial charge in [0, 0.05) is 25.0 Å². The highest BCUT2D eigenvalue weighted by Crippen LogP contribution is 2.57. The molecule has 4 aromatic rings. The molecule has 58 heavy (non-hydrogen) atoms. The number of carbonyl (C=O) groups excluding carboxylic acids is 3. The highest BCUT2D eigenvalue weighted by Gasteiger charge is 2.66. The van der Waals surface area contributed by atoms with Gasteiger partial charge in [-0.25, -0.2) is 30.7 Å². The van der Waals surface area contributed by atoms with Crippen molar-refractivity contribution in [3.8, 4) is 5.88 Å². The molecule has 2 aliphatic rings. The van der Waals surface area contributed by atoms with E-state index in [1.54, 1.807) is 54.6 Å². The number of ether oxygens (including phenoxy) is 2. The van der Waals surface area contributed by atoms with E-state index in [2.05, 4.69) is 57.8 Å². The molecule has 6 rings (SSSR count). The lowest BCUT2D eigenvalue weighted by atomic mass is 9.96. The fraction of sp³-hybridized carbons (Fsp3) is 0.475. The van der Waals surface area contributed by atoms with Crippen molar-refractivity contribution in [3.05, 3.63) is 78.4 Å². The van der Waals surface area contributed by atoms with Crippen LogP contribution in [0.1, 0.15) is 61.1 Å². The number of imidazole rings is 1. The maximum atomic E-state index is 14.2. The first-order chi connectivity index (χ1) is 27.8. The number of hydrogen-bond donors (Lipinski definition) is 2. The minimum atomic E-state index is -1.72. The van der Waals surface area contributed by atoms with Gasteiger partial charge in [-0.15, -0.1) is 0 Å². The third-order valence-corrected chi connectivity index (χ3v) is 12.1. The molecule has 2 aromatic carbocycles. The molecule has 2 N–H and O–H groups in total. The Bertz CT molecular complexity index is 2070. The lowest BCUT2D eigenvalue weighted by molar-refractivity contribution is -0.126. The van der Waals surface area contributed by atoms with Gasteiger partial charge in [0.05, 0.1) is 24.2 Å². The van der Waals surface area contributed by atoms with Gasteiger partial charge in [0.15, 0.2) is 17.4 Å². The van der Waals surface area contributed by atoms with E-state index in [0.717, 1.165) is 0 Å². The van der Waals surface area contributed by atoms with Crippen LogP contribution in [0.15, 0.2) is 67.0 Å². The van der Waals surface area contributed by atoms with Crippen molar-refractivity contribution in [2.24, 2.45) is 5.92 Å². The molecule has 2 saturated heterocycles. The molecule has 0 spiro atoms. The summed E-state index contributed by atoms with van der Waals surface area (Å²) in [5.41, 5.74) is 0.423. The van der Waals surface area contributed by atoms with Gasteiger partial charge in [-0.1, -0.05) is 57.2 Å². The number of hydrogen-bond acceptors (Lipinski definition) is 11. The first-order valence-electron chi connectivity index (χ1n) is 19.4. The third kappa shape index (κ3) is 8.48. The van der Waals surface area contributed by atoms with Gasteiger partial charge in [0.25, 0.3) is 14.4 Å². The number of likely N-dealkylation sites (tertiary alicyclic amines) is 1. The molecule has 2 fully saturated rings. The Balaban J connectivity index is 1.45. The number of para-hydroxylation sites is 2. The number of rotatable bonds is 15. The summed E-state index contributed by atoms with van der Waals surface area (Å²) < 4.78 is 30.1. The first kappa shape index (κ1) is 42.4. The standard InChI is InChI=1S/C40H51N10O7P/c1-10-40-23-47(38(52)42-9)31(32(40)57-58(54-22-21-41-8)50(26(4)5)27(6)7)36(56-40)48-24-43-30-33(48)44-37(45-34(51)25(2)3)46-35(30)55-39(53)49(28-17-13-11-14-18-28)29-19-15-12-16-20-29/h11-20,24-27,31-32,36H,10,21-23H2,1-7,9H3,(H,42,52)(H,44,45,46,51)/t31-,32+,36-,40+,58?/m1/s1. The van der Waals surface area contributed by atoms with E-state index < -0.39 is 44.5 Å². The number of nitrogens with one attached hydrogen (secondary N) is 2. The maximum absolute atomic E-state index is 14.2. The molecular weight excluding hydrogens is 763 g/mol. The number of anilines is 3. The number of morpholine rings is 1. The fourth-order valence-electron chi connectivity index (χ4n) is 7.29. The van der Waals surface area contributed by atoms with Gasteiger partial charge in [-0.2, -0.15) is 9.97 Å². The van der Waals surface area contributed by atoms with E-state index in [-0.39, 0.29) is 66.7 Å². The lowest BCUT2D eigenvalue weighted by Gasteiger charge is -2.38. The van der Waals surface area contributed by atoms with Crippen molar-refractivity contribution in [1.82, 2.24) is 34.4 Å². The van der Waals surface area contributed by atoms with Crippen molar-refractivity contribution in [3.63, 3.8) is 0 Å². The Morgan fingerprint density at radius 2 is 1.66 bits per heavy atom. The maximum Gasteiger partial charge on any atom is 0.425 e. The summed E-state index contributed by atoms with van der Waals surface area (Å²) in [5, 5.41) is 5.51. The molecule has 1 unspecified atom stereocenters. The second-order valence-corrected chi connectivity index (χ2v) is 16.2. The minimum Gasteiger partial charge on any atom is -0.388 e. The van der Waals surface area contributed by atoms with Crippen LogP contribution in [-0.4, -0.2) is 104 Å². The summed E-state index contributed by atoms with van der Waals surface area (Å²) in [6, 6.07) is 17.1. The molecule has 0 aliphatic carbocycles. The molecule has 0 radical (unpaired) electrons. The molecule has 308 valence electrons. The zero-order valence-corrected chi connectivity index (χ0v) is 34.9. The topological polar surface area (TPSA) is 170 Å². The zero-order valence-electron chi connectivity index (χ0n) is 34.0. The Kier molecular flexibility index (Phi) is 13.2. The summed E-state index contributed by atoms with van der Waals surface area (Å²) in [5.74, 6) is -1.09. The Hall–Kier alpha value is -5.24. The molecule has 18 heteroatoms. The van der Waals surface area contributed by atoms with E-state index in [0.29, 0.717) is 17.8 Å². The highest BCUT2D eigenvalue weighted by molar-refractivity contribution is 7.44. The summed E-state index contributed by atoms with van der Waals surface area (Å²) in [6.07, 6.45) is -0.388. The summed E-state index contributed by atoms with van der Waals surface area (Å²) in [4.78, 5) is 61.2. The van der Waals surface area contributed by atoms with Crippen LogP contribution in [-0.2, 0) is 18.6 Å². The molecule has 5 atom stereocenters. The predicted molar refractivity (Wildman–Crippen MR) is 219 cm³/mol. The number of fused-ring (bicyclic) bond motifs is 3. The van der Waals surface area contributed by atoms with E-state index in [1.807, 2.05) is 43.3 Å². The average molecular weight is 815 g/mol. The van der Waals surface area contributed by atoms with E-state index >= 15 is 0 Å². The van der Waals surface area contributed by atoms with Crippen LogP contribution in [0.2, 0.25) is 0 Å². The Morgan fingerprint density at radius 3 is 2.21 bits per heavy atom. The van der Waals surface area contributed by atoms with Crippen molar-refractivity contribution >= 4 is 55.0 Å². The van der Waals surface area contributed by atoms with Crippen molar-refractivity contribution < 1.29 is 32.9 Å². The number of nitrogens with zero attached hydrogens (tertiary/aromatic N) is 8. The van der Waals surface area contributed by atoms with Crippen LogP contribution in [0.25, 0.3) is 16.0 Å². The molecule has 4 amide bonds. The number of urea groups is 1. The summed E-state index contributed by atoms with van der Waals surface area (Å²) in [7, 11) is -0.154. The smallest absolute Gasteiger partial charge is 0.388 e. The van der Waals surface area contributed by atoms with Crippen LogP contribution in [0, 0.1) is 12.5 Å². The summed E-state index contributed by atoms with van der Waals surface area (Å²) in [6.45, 7) is 21.6. The largest absolute Gasteiger partial charge is 0.425 e. The van der Waals surface area contributed by atoms with Gasteiger partial charge < -0.3 is 33.6 Å². The number of carbonyl (C=O) groups is 3. The van der Waals surface area contributed by atoms with Crippen LogP contribution >= 0.6 is 8.53 Å². The predicted octanol–water partition coefficient (Wildman–Crippen LogP) is 7.13. The van der Waals surface area contributed by atoms with Crippen LogP contribution in [0.3, 0.4) is 0 Å². The SMILES string of the molecule is [C-]#[N+]CCOP(O[C@H]1[C@@H]2[C@H](n3cnc4c(OC(=O)N(c5ccccc5)c5ccccc5)nc(NC(=O)C(C)C)nc43)O[C@@]1(CC)CN2C(=O)NC)N(C(C)C)C(C)C. The second kappa shape index (κ2) is 18.1. The van der Waals surface area contributed by atoms with Crippen LogP contribution in [0.5, 0.6) is 5.88 Å². The summed E-state index contributed by atoms with van der Waals surface area (Å²) >= 11 is 0. The van der Waals surface area contributed by atoms with Gasteiger partial charge in [-0.3, -0.25) is 14.7 Å². The van der Waals surface area contributed by atoms with Gasteiger partial charge >= 0.3 is 12.1 Å². The number of amides is 4. The normalized spacial score (nSPS) is 20.5. The molecule has 4 heterocycles. The fourth-order valence-corrected chi connectivity index (χ4v) is 9.10. The van der Waals surface area contributed by atoms with E-state index in [9.17, 15) is 14.4 Å². The Labute approximate surface area is 339 Å². The van der Waals surface area contributed by atoms with Crippen molar-refractivity contribution in [1.29, 1.82) is 0 Å². The van der Waals surface area contributed by atoms with Gasteiger partial charge in [0.2, 0.25) is 18.4 Å². The van der Waals surface area contributed by atoms with Crippen LogP contribution in [0.4, 0.5) is 26.9 Å². The average Bonchev–Trinajstić information content (AvgIpc) is 3.86. The highest BCUT2D eigenvalue weighted by atomic mass is 31.2. The first-order valence-corrected chi connectivity index (χ1v) is 20.5. The molecule has 17 nitrogen and oxygen atoms in total. The monoisotopic (exact) mass is 814 g/mol. The zero-order chi connectivity index (χ0) is 41.7. The quantitative estimate of drug-likeness (QED) is 0.0712. The van der Waals surface area contributed by atoms with Gasteiger partial charge in [0.1, 0.15) is 24.4 Å². The van der Waals surface area contributed by atoms with Crippen LogP contribution < -0.4 is 20.3 Å². The van der Waals surface area contributed by atoms with Gasteiger partial charge in [-0.05, 0) is 58.4 Å². The number of benzene rings is 2. The lowest BCUT2D eigenvalue weighted by Crippen LogP contribution is -2.50. The third-order valence-electron chi connectivity index (χ3n) is 10.0.